The topological polar surface area (TPSA) is 77.8 Å². The van der Waals surface area contributed by atoms with Gasteiger partial charge in [0.15, 0.2) is 6.10 Å². The van der Waals surface area contributed by atoms with E-state index >= 15 is 0 Å². The molecule has 2 saturated carbocycles. The van der Waals surface area contributed by atoms with Crippen LogP contribution in [0.3, 0.4) is 0 Å². The van der Waals surface area contributed by atoms with Crippen molar-refractivity contribution >= 4 is 5.97 Å². The zero-order chi connectivity index (χ0) is 11.8. The summed E-state index contributed by atoms with van der Waals surface area (Å²) in [5.74, 6) is -1.31. The molecule has 0 aliphatic heterocycles. The molecule has 1 spiro atoms. The monoisotopic (exact) mass is 228 g/mol. The average Bonchev–Trinajstić information content (AvgIpc) is 2.71. The van der Waals surface area contributed by atoms with E-state index in [9.17, 15) is 15.0 Å². The van der Waals surface area contributed by atoms with Crippen molar-refractivity contribution in [3.8, 4) is 0 Å². The van der Waals surface area contributed by atoms with Gasteiger partial charge in [-0.1, -0.05) is 12.8 Å². The minimum Gasteiger partial charge on any atom is -0.479 e. The number of aliphatic hydroxyl groups excluding tert-OH is 1. The molecule has 1 atom stereocenters. The molecule has 4 nitrogen and oxygen atoms in total. The fourth-order valence-electron chi connectivity index (χ4n) is 3.34. The van der Waals surface area contributed by atoms with Gasteiger partial charge in [0.2, 0.25) is 0 Å². The lowest BCUT2D eigenvalue weighted by Crippen LogP contribution is -2.50. The number of aliphatic hydroxyl groups is 2. The predicted molar refractivity (Wildman–Crippen MR) is 58.0 cm³/mol. The quantitative estimate of drug-likeness (QED) is 0.665. The number of rotatable bonds is 2. The van der Waals surface area contributed by atoms with Crippen LogP contribution in [0.5, 0.6) is 0 Å². The van der Waals surface area contributed by atoms with Crippen LogP contribution in [0, 0.1) is 5.41 Å². The van der Waals surface area contributed by atoms with Crippen LogP contribution in [-0.2, 0) is 4.79 Å². The highest BCUT2D eigenvalue weighted by molar-refractivity contribution is 5.73. The summed E-state index contributed by atoms with van der Waals surface area (Å²) in [4.78, 5) is 10.7. The van der Waals surface area contributed by atoms with Gasteiger partial charge in [0.05, 0.1) is 0 Å². The molecule has 0 aromatic heterocycles. The van der Waals surface area contributed by atoms with Gasteiger partial charge in [-0.05, 0) is 43.9 Å². The molecule has 0 radical (unpaired) electrons. The second-order valence-corrected chi connectivity index (χ2v) is 5.55. The molecular formula is C12H20O4. The minimum atomic E-state index is -1.63. The molecule has 0 aromatic carbocycles. The van der Waals surface area contributed by atoms with E-state index in [-0.39, 0.29) is 0 Å². The first-order valence-electron chi connectivity index (χ1n) is 6.11. The highest BCUT2D eigenvalue weighted by Gasteiger charge is 2.48. The molecular weight excluding hydrogens is 208 g/mol. The molecule has 3 N–H and O–H groups in total. The number of carboxylic acids is 1. The number of aliphatic carboxylic acids is 1. The van der Waals surface area contributed by atoms with Gasteiger partial charge in [-0.25, -0.2) is 4.79 Å². The van der Waals surface area contributed by atoms with E-state index in [1.54, 1.807) is 0 Å². The lowest BCUT2D eigenvalue weighted by atomic mass is 9.66. The maximum Gasteiger partial charge on any atom is 0.335 e. The van der Waals surface area contributed by atoms with Crippen molar-refractivity contribution in [3.63, 3.8) is 0 Å². The maximum absolute atomic E-state index is 10.7. The molecule has 0 aromatic rings. The van der Waals surface area contributed by atoms with Crippen molar-refractivity contribution < 1.29 is 20.1 Å². The predicted octanol–water partition coefficient (Wildman–Crippen LogP) is 1.30. The first-order chi connectivity index (χ1) is 7.48. The summed E-state index contributed by atoms with van der Waals surface area (Å²) >= 11 is 0. The Hall–Kier alpha value is -0.610. The van der Waals surface area contributed by atoms with Crippen molar-refractivity contribution in [1.82, 2.24) is 0 Å². The van der Waals surface area contributed by atoms with Crippen LogP contribution in [0.15, 0.2) is 0 Å². The summed E-state index contributed by atoms with van der Waals surface area (Å²) < 4.78 is 0. The number of carboxylic acid groups (broad SMARTS) is 1. The molecule has 2 aliphatic rings. The largest absolute Gasteiger partial charge is 0.479 e. The second-order valence-electron chi connectivity index (χ2n) is 5.55. The standard InChI is InChI=1S/C12H20O4/c13-9(10(14)15)12(16)7-5-11(6-8-12)3-1-2-4-11/h9,13,16H,1-8H2,(H,14,15). The normalized spacial score (nSPS) is 29.1. The number of hydrogen-bond donors (Lipinski definition) is 3. The summed E-state index contributed by atoms with van der Waals surface area (Å²) in [6.07, 6.45) is 5.81. The molecule has 16 heavy (non-hydrogen) atoms. The van der Waals surface area contributed by atoms with Gasteiger partial charge in [-0.15, -0.1) is 0 Å². The van der Waals surface area contributed by atoms with Gasteiger partial charge in [0.1, 0.15) is 5.60 Å². The molecule has 2 aliphatic carbocycles. The Morgan fingerprint density at radius 3 is 1.94 bits per heavy atom. The molecule has 0 amide bonds. The third-order valence-electron chi connectivity index (χ3n) is 4.58. The molecule has 92 valence electrons. The number of carbonyl (C=O) groups is 1. The van der Waals surface area contributed by atoms with E-state index < -0.39 is 17.7 Å². The lowest BCUT2D eigenvalue weighted by molar-refractivity contribution is -0.170. The average molecular weight is 228 g/mol. The Balaban J connectivity index is 2.00. The third kappa shape index (κ3) is 1.96. The van der Waals surface area contributed by atoms with E-state index in [4.69, 9.17) is 5.11 Å². The SMILES string of the molecule is O=C(O)C(O)C1(O)CCC2(CCCC2)CC1. The molecule has 0 bridgehead atoms. The van der Waals surface area contributed by atoms with Gasteiger partial charge < -0.3 is 15.3 Å². The van der Waals surface area contributed by atoms with E-state index in [0.29, 0.717) is 18.3 Å². The Bertz CT molecular complexity index is 271. The fraction of sp³-hybridized carbons (Fsp3) is 0.917. The first kappa shape index (κ1) is 11.9. The smallest absolute Gasteiger partial charge is 0.335 e. The minimum absolute atomic E-state index is 0.338. The summed E-state index contributed by atoms with van der Waals surface area (Å²) in [5, 5.41) is 28.4. The Labute approximate surface area is 95.3 Å². The summed E-state index contributed by atoms with van der Waals surface area (Å²) in [6, 6.07) is 0. The molecule has 1 unspecified atom stereocenters. The number of hydrogen-bond acceptors (Lipinski definition) is 3. The van der Waals surface area contributed by atoms with Crippen molar-refractivity contribution in [2.24, 2.45) is 5.41 Å². The van der Waals surface area contributed by atoms with Crippen LogP contribution in [0.1, 0.15) is 51.4 Å². The Morgan fingerprint density at radius 2 is 1.50 bits per heavy atom. The third-order valence-corrected chi connectivity index (χ3v) is 4.58. The van der Waals surface area contributed by atoms with Crippen LogP contribution in [0.25, 0.3) is 0 Å². The van der Waals surface area contributed by atoms with Crippen molar-refractivity contribution in [3.05, 3.63) is 0 Å². The zero-order valence-electron chi connectivity index (χ0n) is 9.48. The van der Waals surface area contributed by atoms with Gasteiger partial charge in [-0.3, -0.25) is 0 Å². The fourth-order valence-corrected chi connectivity index (χ4v) is 3.34. The maximum atomic E-state index is 10.7. The second kappa shape index (κ2) is 4.00. The Morgan fingerprint density at radius 1 is 1.00 bits per heavy atom. The molecule has 4 heteroatoms. The van der Waals surface area contributed by atoms with Gasteiger partial charge in [-0.2, -0.15) is 0 Å². The summed E-state index contributed by atoms with van der Waals surface area (Å²) in [7, 11) is 0. The van der Waals surface area contributed by atoms with Crippen molar-refractivity contribution in [2.75, 3.05) is 0 Å². The van der Waals surface area contributed by atoms with Gasteiger partial charge in [0.25, 0.3) is 0 Å². The van der Waals surface area contributed by atoms with Gasteiger partial charge in [0, 0.05) is 0 Å². The first-order valence-corrected chi connectivity index (χ1v) is 6.11. The molecule has 0 heterocycles. The zero-order valence-corrected chi connectivity index (χ0v) is 9.48. The highest BCUT2D eigenvalue weighted by Crippen LogP contribution is 2.51. The van der Waals surface area contributed by atoms with E-state index in [0.717, 1.165) is 12.8 Å². The molecule has 2 fully saturated rings. The summed E-state index contributed by atoms with van der Waals surface area (Å²) in [6.45, 7) is 0. The van der Waals surface area contributed by atoms with Crippen LogP contribution in [-0.4, -0.2) is 33.0 Å². The van der Waals surface area contributed by atoms with E-state index in [2.05, 4.69) is 0 Å². The van der Waals surface area contributed by atoms with E-state index in [1.807, 2.05) is 0 Å². The highest BCUT2D eigenvalue weighted by atomic mass is 16.4. The van der Waals surface area contributed by atoms with Crippen molar-refractivity contribution in [1.29, 1.82) is 0 Å². The lowest BCUT2D eigenvalue weighted by Gasteiger charge is -2.43. The van der Waals surface area contributed by atoms with Crippen LogP contribution >= 0.6 is 0 Å². The van der Waals surface area contributed by atoms with Crippen molar-refractivity contribution in [2.45, 2.75) is 63.1 Å². The van der Waals surface area contributed by atoms with Gasteiger partial charge >= 0.3 is 5.97 Å². The van der Waals surface area contributed by atoms with Crippen LogP contribution in [0.4, 0.5) is 0 Å². The van der Waals surface area contributed by atoms with Crippen LogP contribution in [0.2, 0.25) is 0 Å². The molecule has 2 rings (SSSR count). The Kier molecular flexibility index (Phi) is 2.97. The molecule has 0 saturated heterocycles. The van der Waals surface area contributed by atoms with Crippen LogP contribution < -0.4 is 0 Å². The van der Waals surface area contributed by atoms with E-state index in [1.165, 1.54) is 25.7 Å². The summed E-state index contributed by atoms with van der Waals surface area (Å²) in [5.41, 5.74) is -1.07.